The highest BCUT2D eigenvalue weighted by Gasteiger charge is 2.24. The normalized spacial score (nSPS) is 19.6. The Kier molecular flexibility index (Phi) is 2.63. The van der Waals surface area contributed by atoms with Gasteiger partial charge >= 0.3 is 0 Å². The van der Waals surface area contributed by atoms with Crippen LogP contribution in [0.4, 0.5) is 0 Å². The molecule has 1 aliphatic carbocycles. The van der Waals surface area contributed by atoms with Gasteiger partial charge in [0.25, 0.3) is 5.91 Å². The molecule has 1 rings (SSSR count). The van der Waals surface area contributed by atoms with Crippen LogP contribution in [0.15, 0.2) is 0 Å². The summed E-state index contributed by atoms with van der Waals surface area (Å²) in [6.07, 6.45) is 5.00. The minimum absolute atomic E-state index is 0.0683. The Labute approximate surface area is 66.0 Å². The van der Waals surface area contributed by atoms with Crippen molar-refractivity contribution < 1.29 is 9.59 Å². The first kappa shape index (κ1) is 8.24. The maximum Gasteiger partial charge on any atom is 0.285 e. The Bertz CT molecular complexity index is 171. The summed E-state index contributed by atoms with van der Waals surface area (Å²) in [7, 11) is 0. The van der Waals surface area contributed by atoms with Crippen LogP contribution in [0.3, 0.4) is 0 Å². The summed E-state index contributed by atoms with van der Waals surface area (Å²) in [5, 5.41) is 0. The summed E-state index contributed by atoms with van der Waals surface area (Å²) in [6, 6.07) is 0. The number of hydrogen-bond acceptors (Lipinski definition) is 2. The van der Waals surface area contributed by atoms with Crippen molar-refractivity contribution in [1.82, 2.24) is 0 Å². The maximum atomic E-state index is 11.0. The second-order valence-electron chi connectivity index (χ2n) is 3.06. The largest absolute Gasteiger partial charge is 0.363 e. The maximum absolute atomic E-state index is 11.0. The fourth-order valence-corrected chi connectivity index (χ4v) is 1.57. The third-order valence-corrected chi connectivity index (χ3v) is 2.22. The highest BCUT2D eigenvalue weighted by atomic mass is 16.2. The lowest BCUT2D eigenvalue weighted by Gasteiger charge is -2.18. The zero-order valence-electron chi connectivity index (χ0n) is 6.51. The molecule has 11 heavy (non-hydrogen) atoms. The second kappa shape index (κ2) is 3.51. The van der Waals surface area contributed by atoms with Crippen molar-refractivity contribution >= 4 is 11.7 Å². The molecule has 0 bridgehead atoms. The topological polar surface area (TPSA) is 60.2 Å². The van der Waals surface area contributed by atoms with Crippen molar-refractivity contribution in [1.29, 1.82) is 0 Å². The van der Waals surface area contributed by atoms with E-state index in [2.05, 4.69) is 0 Å². The van der Waals surface area contributed by atoms with Gasteiger partial charge in [-0.2, -0.15) is 0 Å². The van der Waals surface area contributed by atoms with Crippen LogP contribution in [0.1, 0.15) is 32.1 Å². The molecule has 62 valence electrons. The number of amides is 1. The lowest BCUT2D eigenvalue weighted by atomic mass is 9.86. The third kappa shape index (κ3) is 2.03. The van der Waals surface area contributed by atoms with Gasteiger partial charge in [-0.25, -0.2) is 0 Å². The Balaban J connectivity index is 2.45. The van der Waals surface area contributed by atoms with Crippen LogP contribution in [-0.4, -0.2) is 11.7 Å². The van der Waals surface area contributed by atoms with E-state index in [-0.39, 0.29) is 11.7 Å². The summed E-state index contributed by atoms with van der Waals surface area (Å²) < 4.78 is 0. The summed E-state index contributed by atoms with van der Waals surface area (Å²) in [6.45, 7) is 0. The van der Waals surface area contributed by atoms with Crippen LogP contribution in [0.2, 0.25) is 0 Å². The van der Waals surface area contributed by atoms with Crippen LogP contribution in [0, 0.1) is 5.92 Å². The summed E-state index contributed by atoms with van der Waals surface area (Å²) in [4.78, 5) is 21.5. The molecule has 3 nitrogen and oxygen atoms in total. The van der Waals surface area contributed by atoms with Gasteiger partial charge in [-0.1, -0.05) is 19.3 Å². The molecule has 0 unspecified atom stereocenters. The van der Waals surface area contributed by atoms with Gasteiger partial charge in [-0.15, -0.1) is 0 Å². The van der Waals surface area contributed by atoms with Gasteiger partial charge in [-0.3, -0.25) is 9.59 Å². The standard InChI is InChI=1S/C8H13NO2/c9-8(11)7(10)6-4-2-1-3-5-6/h6H,1-5H2,(H2,9,11). The first-order chi connectivity index (χ1) is 5.22. The fourth-order valence-electron chi connectivity index (χ4n) is 1.57. The summed E-state index contributed by atoms with van der Waals surface area (Å²) in [5.74, 6) is -1.21. The van der Waals surface area contributed by atoms with Gasteiger partial charge in [0, 0.05) is 5.92 Å². The number of rotatable bonds is 2. The van der Waals surface area contributed by atoms with Gasteiger partial charge in [0.05, 0.1) is 0 Å². The molecule has 0 radical (unpaired) electrons. The first-order valence-electron chi connectivity index (χ1n) is 4.05. The number of ketones is 1. The first-order valence-corrected chi connectivity index (χ1v) is 4.05. The molecule has 0 atom stereocenters. The van der Waals surface area contributed by atoms with Crippen molar-refractivity contribution in [3.63, 3.8) is 0 Å². The third-order valence-electron chi connectivity index (χ3n) is 2.22. The molecule has 1 saturated carbocycles. The Morgan fingerprint density at radius 3 is 2.09 bits per heavy atom. The van der Waals surface area contributed by atoms with Gasteiger partial charge in [0.1, 0.15) is 0 Å². The van der Waals surface area contributed by atoms with Crippen LogP contribution in [0.5, 0.6) is 0 Å². The van der Waals surface area contributed by atoms with E-state index >= 15 is 0 Å². The lowest BCUT2D eigenvalue weighted by molar-refractivity contribution is -0.139. The Morgan fingerprint density at radius 1 is 1.09 bits per heavy atom. The predicted molar refractivity (Wildman–Crippen MR) is 40.8 cm³/mol. The van der Waals surface area contributed by atoms with E-state index in [9.17, 15) is 9.59 Å². The van der Waals surface area contributed by atoms with Gasteiger partial charge in [0.15, 0.2) is 0 Å². The molecule has 1 fully saturated rings. The smallest absolute Gasteiger partial charge is 0.285 e. The van der Waals surface area contributed by atoms with Crippen molar-refractivity contribution in [2.45, 2.75) is 32.1 Å². The van der Waals surface area contributed by atoms with Crippen LogP contribution >= 0.6 is 0 Å². The van der Waals surface area contributed by atoms with E-state index in [0.29, 0.717) is 0 Å². The number of carbonyl (C=O) groups is 2. The average molecular weight is 155 g/mol. The zero-order valence-corrected chi connectivity index (χ0v) is 6.51. The summed E-state index contributed by atoms with van der Waals surface area (Å²) >= 11 is 0. The monoisotopic (exact) mass is 155 g/mol. The Hall–Kier alpha value is -0.860. The van der Waals surface area contributed by atoms with Crippen LogP contribution in [0.25, 0.3) is 0 Å². The van der Waals surface area contributed by atoms with Gasteiger partial charge in [-0.05, 0) is 12.8 Å². The molecule has 0 spiro atoms. The highest BCUT2D eigenvalue weighted by molar-refractivity contribution is 6.36. The number of hydrogen-bond donors (Lipinski definition) is 1. The molecular formula is C8H13NO2. The summed E-state index contributed by atoms with van der Waals surface area (Å²) in [5.41, 5.74) is 4.88. The van der Waals surface area contributed by atoms with E-state index in [0.717, 1.165) is 25.7 Å². The molecular weight excluding hydrogens is 142 g/mol. The predicted octanol–water partition coefficient (Wildman–Crippen LogP) is 0.621. The van der Waals surface area contributed by atoms with E-state index in [1.807, 2.05) is 0 Å². The molecule has 0 saturated heterocycles. The molecule has 0 aliphatic heterocycles. The Morgan fingerprint density at radius 2 is 1.64 bits per heavy atom. The quantitative estimate of drug-likeness (QED) is 0.594. The van der Waals surface area contributed by atoms with Gasteiger partial charge < -0.3 is 5.73 Å². The SMILES string of the molecule is NC(=O)C(=O)C1CCCCC1. The molecule has 0 aromatic heterocycles. The number of primary amides is 1. The number of carbonyl (C=O) groups excluding carboxylic acids is 2. The minimum atomic E-state index is -0.767. The molecule has 0 aromatic carbocycles. The van der Waals surface area contributed by atoms with Crippen molar-refractivity contribution in [2.24, 2.45) is 11.7 Å². The van der Waals surface area contributed by atoms with Crippen molar-refractivity contribution in [3.8, 4) is 0 Å². The lowest BCUT2D eigenvalue weighted by Crippen LogP contribution is -2.31. The molecule has 0 heterocycles. The molecule has 2 N–H and O–H groups in total. The van der Waals surface area contributed by atoms with E-state index in [1.165, 1.54) is 6.42 Å². The minimum Gasteiger partial charge on any atom is -0.363 e. The van der Waals surface area contributed by atoms with Crippen molar-refractivity contribution in [2.75, 3.05) is 0 Å². The average Bonchev–Trinajstić information content (AvgIpc) is 2.05. The molecule has 3 heteroatoms. The van der Waals surface area contributed by atoms with Gasteiger partial charge in [0.2, 0.25) is 5.78 Å². The zero-order chi connectivity index (χ0) is 8.27. The number of nitrogens with two attached hydrogens (primary N) is 1. The fraction of sp³-hybridized carbons (Fsp3) is 0.750. The molecule has 1 amide bonds. The molecule has 0 aromatic rings. The second-order valence-corrected chi connectivity index (χ2v) is 3.06. The van der Waals surface area contributed by atoms with Crippen molar-refractivity contribution in [3.05, 3.63) is 0 Å². The van der Waals surface area contributed by atoms with E-state index in [4.69, 9.17) is 5.73 Å². The van der Waals surface area contributed by atoms with E-state index < -0.39 is 5.91 Å². The van der Waals surface area contributed by atoms with E-state index in [1.54, 1.807) is 0 Å². The highest BCUT2D eigenvalue weighted by Crippen LogP contribution is 2.23. The molecule has 1 aliphatic rings. The van der Waals surface area contributed by atoms with Crippen LogP contribution < -0.4 is 5.73 Å². The van der Waals surface area contributed by atoms with Crippen LogP contribution in [-0.2, 0) is 9.59 Å². The number of Topliss-reactive ketones (excluding diaryl/α,β-unsaturated/α-hetero) is 1.